The zero-order valence-electron chi connectivity index (χ0n) is 16.5. The molecule has 3 heterocycles. The predicted molar refractivity (Wildman–Crippen MR) is 112 cm³/mol. The fraction of sp³-hybridized carbons (Fsp3) is 0.444. The summed E-state index contributed by atoms with van der Waals surface area (Å²) in [4.78, 5) is 73.2. The van der Waals surface area contributed by atoms with Gasteiger partial charge in [-0.3, -0.25) is 37.9 Å². The summed E-state index contributed by atoms with van der Waals surface area (Å²) in [5.74, 6) is -1.08. The van der Waals surface area contributed by atoms with Crippen LogP contribution in [0.1, 0.15) is 39.8 Å². The van der Waals surface area contributed by atoms with Gasteiger partial charge < -0.3 is 9.47 Å². The molecule has 0 aliphatic heterocycles. The Bertz CT molecular complexity index is 1200. The molecule has 0 saturated carbocycles. The summed E-state index contributed by atoms with van der Waals surface area (Å²) in [6.07, 6.45) is 0. The number of hydrogen-bond acceptors (Lipinski definition) is 10. The van der Waals surface area contributed by atoms with Crippen LogP contribution in [0.4, 0.5) is 0 Å². The lowest BCUT2D eigenvalue weighted by atomic mass is 10.3. The van der Waals surface area contributed by atoms with E-state index in [4.69, 9.17) is 9.47 Å². The molecule has 0 aromatic carbocycles. The third-order valence-corrected chi connectivity index (χ3v) is 7.00. The molecule has 3 aromatic heterocycles. The first-order chi connectivity index (χ1) is 14.0. The van der Waals surface area contributed by atoms with Gasteiger partial charge >= 0.3 is 11.9 Å². The van der Waals surface area contributed by atoms with E-state index in [2.05, 4.69) is 0 Å². The summed E-state index contributed by atoms with van der Waals surface area (Å²) in [7, 11) is 0. The topological polar surface area (TPSA) is 131 Å². The molecule has 12 heteroatoms. The van der Waals surface area contributed by atoms with E-state index >= 15 is 0 Å². The van der Waals surface area contributed by atoms with Crippen LogP contribution in [0.3, 0.4) is 0 Å². The summed E-state index contributed by atoms with van der Waals surface area (Å²) < 4.78 is 11.9. The van der Waals surface area contributed by atoms with E-state index in [-0.39, 0.29) is 32.0 Å². The highest BCUT2D eigenvalue weighted by molar-refractivity contribution is 7.36. The Balaban J connectivity index is 2.17. The molecule has 0 radical (unpaired) electrons. The van der Waals surface area contributed by atoms with Crippen molar-refractivity contribution in [2.45, 2.75) is 39.8 Å². The van der Waals surface area contributed by atoms with Crippen molar-refractivity contribution < 1.29 is 19.1 Å². The highest BCUT2D eigenvalue weighted by Crippen LogP contribution is 2.27. The average molecular weight is 454 g/mol. The van der Waals surface area contributed by atoms with Crippen molar-refractivity contribution in [1.82, 2.24) is 9.13 Å². The van der Waals surface area contributed by atoms with Crippen molar-refractivity contribution >= 4 is 53.4 Å². The maximum absolute atomic E-state index is 12.8. The molecular weight excluding hydrogens is 436 g/mol. The predicted octanol–water partition coefficient (Wildman–Crippen LogP) is 0.846. The Labute approximate surface area is 176 Å². The van der Waals surface area contributed by atoms with Gasteiger partial charge in [0.1, 0.15) is 32.0 Å². The molecule has 0 N–H and O–H groups in total. The second-order valence-corrected chi connectivity index (χ2v) is 8.83. The van der Waals surface area contributed by atoms with Crippen LogP contribution < -0.4 is 22.2 Å². The van der Waals surface area contributed by atoms with E-state index in [1.165, 1.54) is 13.8 Å². The molecule has 0 spiro atoms. The number of carbonyl (C=O) groups is 2. The van der Waals surface area contributed by atoms with Crippen molar-refractivity contribution in [3.8, 4) is 0 Å². The van der Waals surface area contributed by atoms with Gasteiger partial charge in [0.05, 0.1) is 12.1 Å². The van der Waals surface area contributed by atoms with Gasteiger partial charge in [0.2, 0.25) is 0 Å². The monoisotopic (exact) mass is 454 g/mol. The van der Waals surface area contributed by atoms with Crippen molar-refractivity contribution in [3.05, 3.63) is 41.4 Å². The highest BCUT2D eigenvalue weighted by Gasteiger charge is 2.25. The maximum Gasteiger partial charge on any atom is 0.302 e. The van der Waals surface area contributed by atoms with Crippen molar-refractivity contribution in [2.75, 3.05) is 13.2 Å². The molecule has 2 atom stereocenters. The largest absolute Gasteiger partial charge is 0.464 e. The second kappa shape index (κ2) is 8.11. The van der Waals surface area contributed by atoms with Gasteiger partial charge in [-0.2, -0.15) is 0 Å². The van der Waals surface area contributed by atoms with Crippen LogP contribution in [0.15, 0.2) is 19.2 Å². The lowest BCUT2D eigenvalue weighted by Gasteiger charge is -2.11. The summed E-state index contributed by atoms with van der Waals surface area (Å²) in [6, 6.07) is -1.41. The molecule has 3 aromatic rings. The van der Waals surface area contributed by atoms with E-state index in [0.29, 0.717) is 0 Å². The molecule has 0 saturated heterocycles. The Hall–Kier alpha value is -2.86. The molecule has 0 fully saturated rings. The summed E-state index contributed by atoms with van der Waals surface area (Å²) in [5.41, 5.74) is -2.42. The molecule has 0 aliphatic rings. The molecule has 0 amide bonds. The van der Waals surface area contributed by atoms with Crippen LogP contribution in [0, 0.1) is 0 Å². The van der Waals surface area contributed by atoms with Crippen molar-refractivity contribution in [1.29, 1.82) is 0 Å². The number of rotatable bonds is 6. The van der Waals surface area contributed by atoms with Crippen LogP contribution in [-0.2, 0) is 19.1 Å². The molecule has 30 heavy (non-hydrogen) atoms. The minimum atomic E-state index is -0.706. The van der Waals surface area contributed by atoms with Gasteiger partial charge in [0.25, 0.3) is 22.2 Å². The third kappa shape index (κ3) is 3.67. The molecule has 2 unspecified atom stereocenters. The van der Waals surface area contributed by atoms with E-state index in [9.17, 15) is 28.8 Å². The Morgan fingerprint density at radius 2 is 0.967 bits per heavy atom. The Kier molecular flexibility index (Phi) is 5.90. The first-order valence-electron chi connectivity index (χ1n) is 8.91. The van der Waals surface area contributed by atoms with Crippen LogP contribution in [-0.4, -0.2) is 34.3 Å². The summed E-state index contributed by atoms with van der Waals surface area (Å²) in [5, 5.41) is 0. The maximum atomic E-state index is 12.8. The normalized spacial score (nSPS) is 13.5. The third-order valence-electron chi connectivity index (χ3n) is 4.41. The number of carbonyl (C=O) groups excluding carboxylic acids is 2. The fourth-order valence-electron chi connectivity index (χ4n) is 3.00. The minimum absolute atomic E-state index is 0.0639. The van der Waals surface area contributed by atoms with Crippen LogP contribution in [0.25, 0.3) is 18.8 Å². The zero-order valence-corrected chi connectivity index (χ0v) is 18.2. The number of aromatic nitrogens is 2. The standard InChI is InChI=1S/C18H18N2O8S2/c1-7(5-27-9(3)21)19-15(23)11-12(16(19)24)30-14-13(29-11)17(25)20(18(14)26)8(2)6-28-10(4)22/h7-8H,5-6H2,1-4H3. The van der Waals surface area contributed by atoms with Gasteiger partial charge in [0.15, 0.2) is 0 Å². The first kappa shape index (κ1) is 21.8. The Morgan fingerprint density at radius 1 is 0.700 bits per heavy atom. The van der Waals surface area contributed by atoms with Gasteiger partial charge in [-0.05, 0) is 13.8 Å². The van der Waals surface area contributed by atoms with E-state index in [0.717, 1.165) is 31.8 Å². The minimum Gasteiger partial charge on any atom is -0.464 e. The fourth-order valence-corrected chi connectivity index (χ4v) is 5.37. The Morgan fingerprint density at radius 3 is 1.20 bits per heavy atom. The number of nitrogens with zero attached hydrogens (tertiary/aromatic N) is 2. The van der Waals surface area contributed by atoms with Crippen LogP contribution in [0.5, 0.6) is 0 Å². The van der Waals surface area contributed by atoms with E-state index in [1.807, 2.05) is 0 Å². The van der Waals surface area contributed by atoms with E-state index in [1.54, 1.807) is 13.8 Å². The highest BCUT2D eigenvalue weighted by atomic mass is 32.1. The molecule has 3 rings (SSSR count). The molecule has 160 valence electrons. The first-order valence-corrected chi connectivity index (χ1v) is 10.5. The summed E-state index contributed by atoms with van der Waals surface area (Å²) in [6.45, 7) is 5.24. The molecule has 10 nitrogen and oxygen atoms in total. The lowest BCUT2D eigenvalue weighted by molar-refractivity contribution is -0.142. The lowest BCUT2D eigenvalue weighted by Crippen LogP contribution is -2.31. The van der Waals surface area contributed by atoms with Crippen LogP contribution in [0.2, 0.25) is 0 Å². The van der Waals surface area contributed by atoms with Gasteiger partial charge in [-0.15, -0.1) is 22.7 Å². The van der Waals surface area contributed by atoms with Crippen LogP contribution >= 0.6 is 22.7 Å². The zero-order chi connectivity index (χ0) is 22.3. The van der Waals surface area contributed by atoms with Gasteiger partial charge in [-0.1, -0.05) is 0 Å². The van der Waals surface area contributed by atoms with Crippen molar-refractivity contribution in [2.24, 2.45) is 0 Å². The number of fused-ring (bicyclic) bond motifs is 2. The number of hydrogen-bond donors (Lipinski definition) is 0. The molecule has 0 aliphatic carbocycles. The number of esters is 2. The SMILES string of the molecule is CC(=O)OCC(C)n1c(=O)c2sc3c(=O)n(C(C)COC(C)=O)c(=O)c3sc2c1=O. The summed E-state index contributed by atoms with van der Waals surface area (Å²) >= 11 is 1.57. The van der Waals surface area contributed by atoms with Gasteiger partial charge in [0, 0.05) is 13.8 Å². The van der Waals surface area contributed by atoms with E-state index < -0.39 is 46.3 Å². The molecule has 0 bridgehead atoms. The molecular formula is C18H18N2O8S2. The smallest absolute Gasteiger partial charge is 0.302 e. The second-order valence-electron chi connectivity index (χ2n) is 6.78. The van der Waals surface area contributed by atoms with Gasteiger partial charge in [-0.25, -0.2) is 0 Å². The average Bonchev–Trinajstić information content (AvgIpc) is 3.07. The number of ether oxygens (including phenoxy) is 2. The quantitative estimate of drug-likeness (QED) is 0.501. The van der Waals surface area contributed by atoms with Crippen molar-refractivity contribution in [3.63, 3.8) is 0 Å².